The van der Waals surface area contributed by atoms with Gasteiger partial charge in [0.05, 0.1) is 0 Å². The molecule has 4 nitrogen and oxygen atoms in total. The second kappa shape index (κ2) is 7.03. The number of carbonyl (C=O) groups excluding carboxylic acids is 1. The van der Waals surface area contributed by atoms with Crippen LogP contribution in [0.5, 0.6) is 0 Å². The number of rotatable bonds is 3. The van der Waals surface area contributed by atoms with E-state index in [9.17, 15) is 4.79 Å². The Kier molecular flexibility index (Phi) is 5.33. The predicted molar refractivity (Wildman–Crippen MR) is 90.1 cm³/mol. The van der Waals surface area contributed by atoms with Crippen molar-refractivity contribution in [1.29, 1.82) is 0 Å². The van der Waals surface area contributed by atoms with E-state index in [-0.39, 0.29) is 6.09 Å². The van der Waals surface area contributed by atoms with Crippen molar-refractivity contribution >= 4 is 11.8 Å². The molecule has 2 rings (SSSR count). The van der Waals surface area contributed by atoms with E-state index >= 15 is 0 Å². The van der Waals surface area contributed by atoms with E-state index in [1.807, 2.05) is 43.9 Å². The maximum atomic E-state index is 12.1. The molecule has 0 unspecified atom stereocenters. The molecule has 1 atom stereocenters. The Morgan fingerprint density at radius 1 is 1.23 bits per heavy atom. The van der Waals surface area contributed by atoms with E-state index in [0.29, 0.717) is 12.0 Å². The standard InChI is InChI=1S/C18H28N2O2/c1-14(19-16-8-6-5-7-9-16)15-10-12-20(13-11-15)17(21)22-18(2,3)4/h5-9,14-15,19H,10-13H2,1-4H3/t14-/m0/s1. The van der Waals surface area contributed by atoms with Gasteiger partial charge in [-0.2, -0.15) is 0 Å². The van der Waals surface area contributed by atoms with Crippen molar-refractivity contribution in [3.05, 3.63) is 30.3 Å². The minimum Gasteiger partial charge on any atom is -0.444 e. The third-order valence-electron chi connectivity index (χ3n) is 4.07. The number of hydrogen-bond acceptors (Lipinski definition) is 3. The molecule has 0 aromatic heterocycles. The van der Waals surface area contributed by atoms with Crippen molar-refractivity contribution in [1.82, 2.24) is 4.90 Å². The van der Waals surface area contributed by atoms with Crippen LogP contribution in [0.15, 0.2) is 30.3 Å². The molecule has 1 aromatic carbocycles. The highest BCUT2D eigenvalue weighted by molar-refractivity contribution is 5.68. The molecule has 1 aromatic rings. The van der Waals surface area contributed by atoms with Crippen molar-refractivity contribution in [2.24, 2.45) is 5.92 Å². The first kappa shape index (κ1) is 16.7. The third kappa shape index (κ3) is 4.93. The molecule has 1 N–H and O–H groups in total. The largest absolute Gasteiger partial charge is 0.444 e. The van der Waals surface area contributed by atoms with Gasteiger partial charge >= 0.3 is 6.09 Å². The quantitative estimate of drug-likeness (QED) is 0.912. The van der Waals surface area contributed by atoms with Crippen LogP contribution in [0.25, 0.3) is 0 Å². The van der Waals surface area contributed by atoms with E-state index in [2.05, 4.69) is 24.4 Å². The zero-order valence-electron chi connectivity index (χ0n) is 14.1. The number of nitrogens with zero attached hydrogens (tertiary/aromatic N) is 1. The molecule has 1 amide bonds. The lowest BCUT2D eigenvalue weighted by Crippen LogP contribution is -2.44. The Morgan fingerprint density at radius 2 is 1.82 bits per heavy atom. The molecule has 0 saturated carbocycles. The van der Waals surface area contributed by atoms with Gasteiger partial charge in [-0.05, 0) is 58.6 Å². The highest BCUT2D eigenvalue weighted by Gasteiger charge is 2.29. The summed E-state index contributed by atoms with van der Waals surface area (Å²) in [6.07, 6.45) is 1.84. The Hall–Kier alpha value is -1.71. The third-order valence-corrected chi connectivity index (χ3v) is 4.07. The van der Waals surface area contributed by atoms with Gasteiger partial charge < -0.3 is 15.0 Å². The van der Waals surface area contributed by atoms with Crippen LogP contribution < -0.4 is 5.32 Å². The molecule has 1 aliphatic rings. The highest BCUT2D eigenvalue weighted by Crippen LogP contribution is 2.24. The van der Waals surface area contributed by atoms with Gasteiger partial charge in [0.15, 0.2) is 0 Å². The summed E-state index contributed by atoms with van der Waals surface area (Å²) >= 11 is 0. The number of anilines is 1. The van der Waals surface area contributed by atoms with E-state index in [1.165, 1.54) is 0 Å². The van der Waals surface area contributed by atoms with Crippen molar-refractivity contribution in [2.45, 2.75) is 52.2 Å². The molecule has 0 radical (unpaired) electrons. The second-order valence-corrected chi connectivity index (χ2v) is 7.10. The molecule has 0 aliphatic carbocycles. The number of likely N-dealkylation sites (tertiary alicyclic amines) is 1. The number of hydrogen-bond donors (Lipinski definition) is 1. The summed E-state index contributed by atoms with van der Waals surface area (Å²) in [4.78, 5) is 13.9. The van der Waals surface area contributed by atoms with Gasteiger partial charge in [0, 0.05) is 24.8 Å². The van der Waals surface area contributed by atoms with Crippen molar-refractivity contribution in [3.63, 3.8) is 0 Å². The summed E-state index contributed by atoms with van der Waals surface area (Å²) < 4.78 is 5.44. The molecular formula is C18H28N2O2. The second-order valence-electron chi connectivity index (χ2n) is 7.10. The number of nitrogens with one attached hydrogen (secondary N) is 1. The lowest BCUT2D eigenvalue weighted by molar-refractivity contribution is 0.0179. The minimum absolute atomic E-state index is 0.186. The smallest absolute Gasteiger partial charge is 0.410 e. The zero-order chi connectivity index (χ0) is 16.2. The molecule has 4 heteroatoms. The maximum Gasteiger partial charge on any atom is 0.410 e. The van der Waals surface area contributed by atoms with Crippen LogP contribution in [-0.4, -0.2) is 35.7 Å². The fraction of sp³-hybridized carbons (Fsp3) is 0.611. The highest BCUT2D eigenvalue weighted by atomic mass is 16.6. The van der Waals surface area contributed by atoms with Gasteiger partial charge in [-0.25, -0.2) is 4.79 Å². The summed E-state index contributed by atoms with van der Waals surface area (Å²) in [6, 6.07) is 10.7. The fourth-order valence-corrected chi connectivity index (χ4v) is 2.82. The van der Waals surface area contributed by atoms with Crippen LogP contribution in [0.3, 0.4) is 0 Å². The van der Waals surface area contributed by atoms with Gasteiger partial charge in [0.25, 0.3) is 0 Å². The van der Waals surface area contributed by atoms with Crippen molar-refractivity contribution < 1.29 is 9.53 Å². The molecule has 1 aliphatic heterocycles. The van der Waals surface area contributed by atoms with Crippen molar-refractivity contribution in [2.75, 3.05) is 18.4 Å². The molecule has 1 heterocycles. The first-order valence-electron chi connectivity index (χ1n) is 8.14. The predicted octanol–water partition coefficient (Wildman–Crippen LogP) is 4.13. The number of ether oxygens (including phenoxy) is 1. The lowest BCUT2D eigenvalue weighted by atomic mass is 9.90. The van der Waals surface area contributed by atoms with E-state index in [0.717, 1.165) is 31.6 Å². The Balaban J connectivity index is 1.80. The SMILES string of the molecule is C[C@H](Nc1ccccc1)C1CCN(C(=O)OC(C)(C)C)CC1. The Bertz CT molecular complexity index is 474. The molecule has 0 spiro atoms. The van der Waals surface area contributed by atoms with Crippen LogP contribution in [0.1, 0.15) is 40.5 Å². The molecule has 0 bridgehead atoms. The normalized spacial score (nSPS) is 17.9. The fourth-order valence-electron chi connectivity index (χ4n) is 2.82. The molecular weight excluding hydrogens is 276 g/mol. The Morgan fingerprint density at radius 3 is 2.36 bits per heavy atom. The summed E-state index contributed by atoms with van der Waals surface area (Å²) in [5.41, 5.74) is 0.736. The molecule has 22 heavy (non-hydrogen) atoms. The molecule has 1 saturated heterocycles. The minimum atomic E-state index is -0.421. The maximum absolute atomic E-state index is 12.1. The average molecular weight is 304 g/mol. The number of para-hydroxylation sites is 1. The first-order valence-corrected chi connectivity index (χ1v) is 8.14. The van der Waals surface area contributed by atoms with Gasteiger partial charge in [-0.15, -0.1) is 0 Å². The summed E-state index contributed by atoms with van der Waals surface area (Å²) in [6.45, 7) is 9.50. The zero-order valence-corrected chi connectivity index (χ0v) is 14.1. The molecule has 1 fully saturated rings. The van der Waals surface area contributed by atoms with Gasteiger partial charge in [-0.1, -0.05) is 18.2 Å². The summed E-state index contributed by atoms with van der Waals surface area (Å²) in [5.74, 6) is 0.582. The van der Waals surface area contributed by atoms with E-state index in [1.54, 1.807) is 0 Å². The van der Waals surface area contributed by atoms with Crippen LogP contribution >= 0.6 is 0 Å². The van der Waals surface area contributed by atoms with Crippen LogP contribution in [0, 0.1) is 5.92 Å². The van der Waals surface area contributed by atoms with Gasteiger partial charge in [0.2, 0.25) is 0 Å². The first-order chi connectivity index (χ1) is 10.3. The van der Waals surface area contributed by atoms with Gasteiger partial charge in [0.1, 0.15) is 5.60 Å². The topological polar surface area (TPSA) is 41.6 Å². The number of piperidine rings is 1. The Labute approximate surface area is 133 Å². The van der Waals surface area contributed by atoms with Crippen LogP contribution in [-0.2, 0) is 4.74 Å². The van der Waals surface area contributed by atoms with Gasteiger partial charge in [-0.3, -0.25) is 0 Å². The number of carbonyl (C=O) groups is 1. The number of benzene rings is 1. The van der Waals surface area contributed by atoms with E-state index in [4.69, 9.17) is 4.74 Å². The summed E-state index contributed by atoms with van der Waals surface area (Å²) in [5, 5.41) is 3.56. The molecule has 122 valence electrons. The monoisotopic (exact) mass is 304 g/mol. The van der Waals surface area contributed by atoms with Crippen LogP contribution in [0.2, 0.25) is 0 Å². The number of amides is 1. The average Bonchev–Trinajstić information content (AvgIpc) is 2.46. The van der Waals surface area contributed by atoms with Crippen molar-refractivity contribution in [3.8, 4) is 0 Å². The lowest BCUT2D eigenvalue weighted by Gasteiger charge is -2.36. The summed E-state index contributed by atoms with van der Waals surface area (Å²) in [7, 11) is 0. The van der Waals surface area contributed by atoms with E-state index < -0.39 is 5.60 Å². The van der Waals surface area contributed by atoms with Crippen LogP contribution in [0.4, 0.5) is 10.5 Å².